The second kappa shape index (κ2) is 7.90. The van der Waals surface area contributed by atoms with Gasteiger partial charge in [0.25, 0.3) is 0 Å². The number of benzene rings is 1. The summed E-state index contributed by atoms with van der Waals surface area (Å²) in [4.78, 5) is 0. The Balaban J connectivity index is 0.000000815. The Morgan fingerprint density at radius 2 is 1.96 bits per heavy atom. The Bertz CT molecular complexity index is 591. The highest BCUT2D eigenvalue weighted by Gasteiger charge is 2.49. The molecule has 0 amide bonds. The van der Waals surface area contributed by atoms with Crippen LogP contribution in [0.25, 0.3) is 0 Å². The quantitative estimate of drug-likeness (QED) is 0.452. The van der Waals surface area contributed by atoms with Crippen LogP contribution >= 0.6 is 28.5 Å². The number of fused-ring (bicyclic) bond motifs is 5. The number of hydrogen-bond donors (Lipinski definition) is 1. The molecular weight excluding hydrogens is 430 g/mol. The van der Waals surface area contributed by atoms with Crippen LogP contribution in [0, 0.1) is 5.41 Å². The molecule has 0 saturated heterocycles. The lowest BCUT2D eigenvalue weighted by Crippen LogP contribution is -2.36. The van der Waals surface area contributed by atoms with Crippen LogP contribution in [-0.4, -0.2) is 17.3 Å². The summed E-state index contributed by atoms with van der Waals surface area (Å²) in [6.07, 6.45) is 8.19. The Labute approximate surface area is 161 Å². The molecule has 3 unspecified atom stereocenters. The van der Waals surface area contributed by atoms with Crippen molar-refractivity contribution in [3.8, 4) is 0 Å². The van der Waals surface area contributed by atoms with E-state index in [-0.39, 0.29) is 11.5 Å². The van der Waals surface area contributed by atoms with E-state index >= 15 is 0 Å². The van der Waals surface area contributed by atoms with Crippen LogP contribution in [0.2, 0.25) is 0 Å². The van der Waals surface area contributed by atoms with E-state index in [4.69, 9.17) is 4.52 Å². The van der Waals surface area contributed by atoms with Gasteiger partial charge in [-0.15, -0.1) is 0 Å². The second-order valence-corrected chi connectivity index (χ2v) is 9.19. The van der Waals surface area contributed by atoms with Crippen molar-refractivity contribution in [2.75, 3.05) is 0 Å². The average molecular weight is 460 g/mol. The number of halogens is 1. The molecule has 1 aromatic carbocycles. The summed E-state index contributed by atoms with van der Waals surface area (Å²) in [6.45, 7) is 6.88. The zero-order chi connectivity index (χ0) is 17.3. The van der Waals surface area contributed by atoms with Crippen molar-refractivity contribution in [1.82, 2.24) is 0 Å². The molecule has 1 fully saturated rings. The summed E-state index contributed by atoms with van der Waals surface area (Å²) < 4.78 is 5.86. The predicted molar refractivity (Wildman–Crippen MR) is 111 cm³/mol. The van der Waals surface area contributed by atoms with E-state index in [1.165, 1.54) is 18.4 Å². The van der Waals surface area contributed by atoms with Gasteiger partial charge < -0.3 is 9.63 Å². The fourth-order valence-corrected chi connectivity index (χ4v) is 6.57. The number of aliphatic hydroxyl groups excluding tert-OH is 1. The monoisotopic (exact) mass is 460 g/mol. The zero-order valence-corrected chi connectivity index (χ0v) is 18.2. The van der Waals surface area contributed by atoms with Crippen molar-refractivity contribution in [1.29, 1.82) is 0 Å². The first-order valence-electron chi connectivity index (χ1n) is 9.46. The van der Waals surface area contributed by atoms with Crippen LogP contribution in [0.4, 0.5) is 0 Å². The highest BCUT2D eigenvalue weighted by Crippen LogP contribution is 2.56. The first-order valence-corrected chi connectivity index (χ1v) is 13.5. The van der Waals surface area contributed by atoms with E-state index in [0.29, 0.717) is 18.5 Å². The van der Waals surface area contributed by atoms with E-state index in [1.807, 2.05) is 13.8 Å². The minimum Gasteiger partial charge on any atom is -0.393 e. The van der Waals surface area contributed by atoms with E-state index in [0.717, 1.165) is 32.1 Å². The molecule has 1 saturated carbocycles. The molecule has 24 heavy (non-hydrogen) atoms. The van der Waals surface area contributed by atoms with Crippen LogP contribution in [0.3, 0.4) is 0 Å². The van der Waals surface area contributed by atoms with Gasteiger partial charge in [0.2, 0.25) is 0 Å². The Morgan fingerprint density at radius 1 is 1.17 bits per heavy atom. The van der Waals surface area contributed by atoms with Gasteiger partial charge >= 0.3 is 0 Å². The van der Waals surface area contributed by atoms with Crippen molar-refractivity contribution in [2.45, 2.75) is 83.8 Å². The molecule has 0 aromatic heterocycles. The minimum atomic E-state index is -0.107. The normalized spacial score (nSPS) is 34.3. The van der Waals surface area contributed by atoms with E-state index in [2.05, 4.69) is 41.1 Å². The SMILES string of the molecule is CC.CC12CCc3c(ccc4c3CC[C@H](OPI)C4)C1CC[C@@H]2O. The van der Waals surface area contributed by atoms with E-state index in [1.54, 1.807) is 16.7 Å². The molecule has 3 aliphatic carbocycles. The maximum Gasteiger partial charge on any atom is 0.0797 e. The maximum atomic E-state index is 10.4. The number of aliphatic hydroxyl groups is 1. The third-order valence-electron chi connectivity index (χ3n) is 6.51. The van der Waals surface area contributed by atoms with Gasteiger partial charge in [-0.3, -0.25) is 0 Å². The van der Waals surface area contributed by atoms with E-state index < -0.39 is 0 Å². The van der Waals surface area contributed by atoms with Crippen molar-refractivity contribution in [3.63, 3.8) is 0 Å². The highest BCUT2D eigenvalue weighted by atomic mass is 127. The van der Waals surface area contributed by atoms with Gasteiger partial charge in [0.15, 0.2) is 0 Å². The van der Waals surface area contributed by atoms with Crippen LogP contribution in [0.1, 0.15) is 74.6 Å². The largest absolute Gasteiger partial charge is 0.393 e. The molecular formula is C20H30IO2P. The minimum absolute atomic E-state index is 0.107. The van der Waals surface area contributed by atoms with Gasteiger partial charge in [0.1, 0.15) is 0 Å². The lowest BCUT2D eigenvalue weighted by molar-refractivity contribution is 0.0455. The van der Waals surface area contributed by atoms with Crippen LogP contribution < -0.4 is 0 Å². The standard InChI is InChI=1S/C18H24IO2P.C2H6/c1-18-9-8-14-13-5-3-12(21-22-19)10-11(13)2-4-15(14)16(18)6-7-17(18)20;1-2/h2,4,12,16-17,20,22H,3,5-10H2,1H3;1-2H3/t12-,16?,17-,18?;/m0./s1. The number of hydrogen-bond acceptors (Lipinski definition) is 2. The first-order chi connectivity index (χ1) is 11.6. The zero-order valence-electron chi connectivity index (χ0n) is 15.1. The molecule has 3 aliphatic rings. The Morgan fingerprint density at radius 3 is 2.71 bits per heavy atom. The lowest BCUT2D eigenvalue weighted by Gasteiger charge is -2.41. The fourth-order valence-electron chi connectivity index (χ4n) is 5.16. The lowest BCUT2D eigenvalue weighted by atomic mass is 9.64. The molecule has 4 heteroatoms. The smallest absolute Gasteiger partial charge is 0.0797 e. The topological polar surface area (TPSA) is 29.5 Å². The van der Waals surface area contributed by atoms with Crippen LogP contribution in [0.15, 0.2) is 12.1 Å². The molecule has 1 N–H and O–H groups in total. The van der Waals surface area contributed by atoms with Crippen molar-refractivity contribution >= 4 is 28.5 Å². The number of rotatable bonds is 2. The maximum absolute atomic E-state index is 10.4. The van der Waals surface area contributed by atoms with Crippen molar-refractivity contribution in [2.24, 2.45) is 5.41 Å². The third kappa shape index (κ3) is 3.19. The molecule has 1 aromatic rings. The van der Waals surface area contributed by atoms with Gasteiger partial charge in [-0.25, -0.2) is 0 Å². The molecule has 0 bridgehead atoms. The van der Waals surface area contributed by atoms with Gasteiger partial charge in [0, 0.05) is 5.41 Å². The highest BCUT2D eigenvalue weighted by molar-refractivity contribution is 14.2. The van der Waals surface area contributed by atoms with Crippen LogP contribution in [0.5, 0.6) is 0 Å². The predicted octanol–water partition coefficient (Wildman–Crippen LogP) is 5.72. The summed E-state index contributed by atoms with van der Waals surface area (Å²) in [5.74, 6) is 0.571. The van der Waals surface area contributed by atoms with E-state index in [9.17, 15) is 5.11 Å². The summed E-state index contributed by atoms with van der Waals surface area (Å²) in [6, 6.07) is 4.74. The Hall–Kier alpha value is 0.300. The summed E-state index contributed by atoms with van der Waals surface area (Å²) >= 11 is 2.33. The van der Waals surface area contributed by atoms with Gasteiger partial charge in [-0.1, -0.05) is 32.9 Å². The molecule has 0 radical (unpaired) electrons. The molecule has 5 atom stereocenters. The molecule has 2 nitrogen and oxygen atoms in total. The molecule has 0 heterocycles. The Kier molecular flexibility index (Phi) is 6.28. The summed E-state index contributed by atoms with van der Waals surface area (Å²) in [7, 11) is 0. The van der Waals surface area contributed by atoms with Gasteiger partial charge in [0.05, 0.1) is 18.7 Å². The summed E-state index contributed by atoms with van der Waals surface area (Å²) in [5.41, 5.74) is 6.44. The van der Waals surface area contributed by atoms with Crippen molar-refractivity contribution < 1.29 is 9.63 Å². The first kappa shape index (κ1) is 19.1. The fraction of sp³-hybridized carbons (Fsp3) is 0.700. The van der Waals surface area contributed by atoms with Gasteiger partial charge in [-0.2, -0.15) is 0 Å². The van der Waals surface area contributed by atoms with Crippen molar-refractivity contribution in [3.05, 3.63) is 34.4 Å². The van der Waals surface area contributed by atoms with Gasteiger partial charge in [-0.05, 0) is 95.2 Å². The summed E-state index contributed by atoms with van der Waals surface area (Å²) in [5, 5.41) is 10.4. The molecule has 4 rings (SSSR count). The third-order valence-corrected chi connectivity index (χ3v) is 7.70. The average Bonchev–Trinajstić information content (AvgIpc) is 2.92. The van der Waals surface area contributed by atoms with Crippen LogP contribution in [-0.2, 0) is 23.8 Å². The molecule has 134 valence electrons. The second-order valence-electron chi connectivity index (χ2n) is 7.48. The molecule has 0 spiro atoms. The molecule has 0 aliphatic heterocycles.